The Morgan fingerprint density at radius 3 is 2.33 bits per heavy atom. The molecule has 0 aromatic carbocycles. The maximum absolute atomic E-state index is 5.73. The molecule has 2 rings (SSSR count). The predicted molar refractivity (Wildman–Crippen MR) is 51.0 cm³/mol. The summed E-state index contributed by atoms with van der Waals surface area (Å²) in [6, 6.07) is 0.480. The topological polar surface area (TPSA) is 29.3 Å². The second-order valence-corrected chi connectivity index (χ2v) is 4.48. The molecule has 1 aliphatic heterocycles. The SMILES string of the molecule is NC1CN(CC2CCCCC2)C1. The van der Waals surface area contributed by atoms with E-state index in [4.69, 9.17) is 5.73 Å². The van der Waals surface area contributed by atoms with E-state index in [0.29, 0.717) is 6.04 Å². The van der Waals surface area contributed by atoms with Crippen molar-refractivity contribution in [2.45, 2.75) is 38.1 Å². The van der Waals surface area contributed by atoms with E-state index in [0.717, 1.165) is 19.0 Å². The van der Waals surface area contributed by atoms with Gasteiger partial charge >= 0.3 is 0 Å². The summed E-state index contributed by atoms with van der Waals surface area (Å²) in [6.07, 6.45) is 7.32. The summed E-state index contributed by atoms with van der Waals surface area (Å²) in [7, 11) is 0. The van der Waals surface area contributed by atoms with Crippen LogP contribution in [0.1, 0.15) is 32.1 Å². The highest BCUT2D eigenvalue weighted by Gasteiger charge is 2.25. The fourth-order valence-corrected chi connectivity index (χ4v) is 2.49. The Bertz CT molecular complexity index is 135. The van der Waals surface area contributed by atoms with Crippen molar-refractivity contribution >= 4 is 0 Å². The minimum Gasteiger partial charge on any atom is -0.325 e. The molecule has 0 aromatic rings. The minimum atomic E-state index is 0.480. The lowest BCUT2D eigenvalue weighted by Gasteiger charge is -2.39. The Morgan fingerprint density at radius 1 is 1.08 bits per heavy atom. The zero-order chi connectivity index (χ0) is 8.39. The highest BCUT2D eigenvalue weighted by atomic mass is 15.2. The van der Waals surface area contributed by atoms with Crippen molar-refractivity contribution in [1.29, 1.82) is 0 Å². The van der Waals surface area contributed by atoms with E-state index in [9.17, 15) is 0 Å². The maximum atomic E-state index is 5.73. The van der Waals surface area contributed by atoms with E-state index in [1.807, 2.05) is 0 Å². The fraction of sp³-hybridized carbons (Fsp3) is 1.00. The zero-order valence-electron chi connectivity index (χ0n) is 7.84. The van der Waals surface area contributed by atoms with Gasteiger partial charge in [0, 0.05) is 25.7 Å². The molecule has 1 aliphatic carbocycles. The Hall–Kier alpha value is -0.0800. The average Bonchev–Trinajstić information content (AvgIpc) is 2.04. The van der Waals surface area contributed by atoms with E-state index >= 15 is 0 Å². The lowest BCUT2D eigenvalue weighted by molar-refractivity contribution is 0.114. The molecule has 1 saturated heterocycles. The molecular weight excluding hydrogens is 148 g/mol. The van der Waals surface area contributed by atoms with E-state index in [2.05, 4.69) is 4.90 Å². The van der Waals surface area contributed by atoms with Crippen molar-refractivity contribution in [3.8, 4) is 0 Å². The third kappa shape index (κ3) is 1.99. The summed E-state index contributed by atoms with van der Waals surface area (Å²) in [5.41, 5.74) is 5.73. The first kappa shape index (κ1) is 8.52. The number of hydrogen-bond acceptors (Lipinski definition) is 2. The molecule has 1 saturated carbocycles. The molecule has 0 unspecified atom stereocenters. The third-order valence-electron chi connectivity index (χ3n) is 3.23. The number of nitrogens with zero attached hydrogens (tertiary/aromatic N) is 1. The highest BCUT2D eigenvalue weighted by molar-refractivity contribution is 4.84. The van der Waals surface area contributed by atoms with Crippen LogP contribution in [0.3, 0.4) is 0 Å². The van der Waals surface area contributed by atoms with Gasteiger partial charge in [-0.05, 0) is 18.8 Å². The normalized spacial score (nSPS) is 28.8. The molecule has 2 heteroatoms. The smallest absolute Gasteiger partial charge is 0.0297 e. The summed E-state index contributed by atoms with van der Waals surface area (Å²) in [4.78, 5) is 2.51. The Kier molecular flexibility index (Phi) is 2.66. The molecule has 12 heavy (non-hydrogen) atoms. The first-order chi connectivity index (χ1) is 5.84. The largest absolute Gasteiger partial charge is 0.325 e. The van der Waals surface area contributed by atoms with E-state index in [1.54, 1.807) is 0 Å². The van der Waals surface area contributed by atoms with Crippen LogP contribution < -0.4 is 5.73 Å². The van der Waals surface area contributed by atoms with Gasteiger partial charge in [0.25, 0.3) is 0 Å². The number of rotatable bonds is 2. The van der Waals surface area contributed by atoms with Crippen LogP contribution in [0.5, 0.6) is 0 Å². The highest BCUT2D eigenvalue weighted by Crippen LogP contribution is 2.25. The lowest BCUT2D eigenvalue weighted by Crippen LogP contribution is -2.56. The van der Waals surface area contributed by atoms with Gasteiger partial charge in [-0.25, -0.2) is 0 Å². The first-order valence-electron chi connectivity index (χ1n) is 5.32. The Morgan fingerprint density at radius 2 is 1.75 bits per heavy atom. The van der Waals surface area contributed by atoms with Crippen LogP contribution in [0.2, 0.25) is 0 Å². The number of nitrogens with two attached hydrogens (primary N) is 1. The molecule has 0 aromatic heterocycles. The molecule has 1 heterocycles. The third-order valence-corrected chi connectivity index (χ3v) is 3.23. The monoisotopic (exact) mass is 168 g/mol. The lowest BCUT2D eigenvalue weighted by atomic mass is 9.88. The van der Waals surface area contributed by atoms with Crippen molar-refractivity contribution in [1.82, 2.24) is 4.90 Å². The summed E-state index contributed by atoms with van der Waals surface area (Å²) in [5.74, 6) is 0.992. The summed E-state index contributed by atoms with van der Waals surface area (Å²) in [6.45, 7) is 3.63. The van der Waals surface area contributed by atoms with E-state index in [1.165, 1.54) is 38.6 Å². The molecule has 0 spiro atoms. The second kappa shape index (κ2) is 3.75. The van der Waals surface area contributed by atoms with E-state index < -0.39 is 0 Å². The van der Waals surface area contributed by atoms with Crippen LogP contribution in [0.25, 0.3) is 0 Å². The Labute approximate surface area is 75.1 Å². The quantitative estimate of drug-likeness (QED) is 0.671. The molecule has 70 valence electrons. The predicted octanol–water partition coefficient (Wildman–Crippen LogP) is 1.21. The van der Waals surface area contributed by atoms with Crippen molar-refractivity contribution < 1.29 is 0 Å². The first-order valence-corrected chi connectivity index (χ1v) is 5.32. The van der Waals surface area contributed by atoms with Crippen molar-refractivity contribution in [3.63, 3.8) is 0 Å². The van der Waals surface area contributed by atoms with Crippen LogP contribution in [0, 0.1) is 5.92 Å². The van der Waals surface area contributed by atoms with Crippen molar-refractivity contribution in [3.05, 3.63) is 0 Å². The van der Waals surface area contributed by atoms with Gasteiger partial charge in [-0.15, -0.1) is 0 Å². The van der Waals surface area contributed by atoms with Crippen LogP contribution >= 0.6 is 0 Å². The van der Waals surface area contributed by atoms with Gasteiger partial charge in [0.1, 0.15) is 0 Å². The van der Waals surface area contributed by atoms with Gasteiger partial charge in [-0.1, -0.05) is 19.3 Å². The van der Waals surface area contributed by atoms with Crippen molar-refractivity contribution in [2.24, 2.45) is 11.7 Å². The van der Waals surface area contributed by atoms with Crippen LogP contribution in [0.4, 0.5) is 0 Å². The van der Waals surface area contributed by atoms with Gasteiger partial charge in [-0.3, -0.25) is 4.90 Å². The van der Waals surface area contributed by atoms with Gasteiger partial charge in [0.15, 0.2) is 0 Å². The summed E-state index contributed by atoms with van der Waals surface area (Å²) < 4.78 is 0. The summed E-state index contributed by atoms with van der Waals surface area (Å²) >= 11 is 0. The molecule has 2 N–H and O–H groups in total. The van der Waals surface area contributed by atoms with Gasteiger partial charge in [-0.2, -0.15) is 0 Å². The molecular formula is C10H20N2. The zero-order valence-corrected chi connectivity index (χ0v) is 7.84. The Balaban J connectivity index is 1.65. The number of hydrogen-bond donors (Lipinski definition) is 1. The molecule has 0 bridgehead atoms. The van der Waals surface area contributed by atoms with Crippen molar-refractivity contribution in [2.75, 3.05) is 19.6 Å². The molecule has 2 aliphatic rings. The molecule has 0 amide bonds. The average molecular weight is 168 g/mol. The van der Waals surface area contributed by atoms with Crippen LogP contribution in [-0.4, -0.2) is 30.6 Å². The van der Waals surface area contributed by atoms with Gasteiger partial charge < -0.3 is 5.73 Å². The van der Waals surface area contributed by atoms with Gasteiger partial charge in [0.2, 0.25) is 0 Å². The summed E-state index contributed by atoms with van der Waals surface area (Å²) in [5, 5.41) is 0. The second-order valence-electron chi connectivity index (χ2n) is 4.48. The maximum Gasteiger partial charge on any atom is 0.0297 e. The van der Waals surface area contributed by atoms with E-state index in [-0.39, 0.29) is 0 Å². The standard InChI is InChI=1S/C10H20N2/c11-10-7-12(8-10)6-9-4-2-1-3-5-9/h9-10H,1-8,11H2. The molecule has 0 radical (unpaired) electrons. The minimum absolute atomic E-state index is 0.480. The fourth-order valence-electron chi connectivity index (χ4n) is 2.49. The van der Waals surface area contributed by atoms with Crippen LogP contribution in [0.15, 0.2) is 0 Å². The number of likely N-dealkylation sites (tertiary alicyclic amines) is 1. The molecule has 0 atom stereocenters. The van der Waals surface area contributed by atoms with Crippen LogP contribution in [-0.2, 0) is 0 Å². The molecule has 2 fully saturated rings. The molecule has 2 nitrogen and oxygen atoms in total. The van der Waals surface area contributed by atoms with Gasteiger partial charge in [0.05, 0.1) is 0 Å².